The van der Waals surface area contributed by atoms with Gasteiger partial charge in [-0.15, -0.1) is 0 Å². The van der Waals surface area contributed by atoms with Crippen LogP contribution in [0.25, 0.3) is 0 Å². The summed E-state index contributed by atoms with van der Waals surface area (Å²) in [7, 11) is 0. The molecule has 0 aliphatic rings. The van der Waals surface area contributed by atoms with E-state index < -0.39 is 29.4 Å². The van der Waals surface area contributed by atoms with Crippen LogP contribution >= 0.6 is 0 Å². The highest BCUT2D eigenvalue weighted by molar-refractivity contribution is 5.85. The number of rotatable bonds is 1. The van der Waals surface area contributed by atoms with Gasteiger partial charge in [-0.3, -0.25) is 5.32 Å². The number of amides is 1. The number of pyridine rings is 1. The van der Waals surface area contributed by atoms with Crippen LogP contribution in [-0.2, 0) is 10.9 Å². The first-order chi connectivity index (χ1) is 9.92. The topological polar surface area (TPSA) is 51.2 Å². The van der Waals surface area contributed by atoms with E-state index in [2.05, 4.69) is 10.3 Å². The van der Waals surface area contributed by atoms with E-state index in [1.54, 1.807) is 20.8 Å². The quantitative estimate of drug-likeness (QED) is 0.746. The predicted octanol–water partition coefficient (Wildman–Crippen LogP) is 4.92. The summed E-state index contributed by atoms with van der Waals surface area (Å²) < 4.78 is 55.8. The molecule has 8 heteroatoms. The van der Waals surface area contributed by atoms with Gasteiger partial charge in [0.15, 0.2) is 11.5 Å². The summed E-state index contributed by atoms with van der Waals surface area (Å²) in [5.41, 5.74) is -2.94. The van der Waals surface area contributed by atoms with E-state index in [1.807, 2.05) is 13.8 Å². The predicted molar refractivity (Wildman–Crippen MR) is 75.1 cm³/mol. The summed E-state index contributed by atoms with van der Waals surface area (Å²) in [6.07, 6.45) is -5.05. The minimum absolute atomic E-state index is 0.176. The van der Waals surface area contributed by atoms with Gasteiger partial charge in [0.1, 0.15) is 5.60 Å². The molecule has 1 rings (SSSR count). The van der Waals surface area contributed by atoms with Crippen molar-refractivity contribution >= 4 is 11.8 Å². The molecular formula is C14H20F4N2O2. The van der Waals surface area contributed by atoms with Crippen LogP contribution in [0, 0.1) is 12.7 Å². The Morgan fingerprint density at radius 3 is 2.14 bits per heavy atom. The largest absolute Gasteiger partial charge is 0.444 e. The fraction of sp³-hybridized carbons (Fsp3) is 0.571. The number of carbonyl (C=O) groups excluding carboxylic acids is 1. The second-order valence-corrected chi connectivity index (χ2v) is 5.08. The van der Waals surface area contributed by atoms with E-state index in [9.17, 15) is 22.4 Å². The first-order valence-electron chi connectivity index (χ1n) is 6.64. The Bertz CT molecular complexity index is 523. The molecule has 1 N–H and O–H groups in total. The van der Waals surface area contributed by atoms with Crippen molar-refractivity contribution in [1.29, 1.82) is 0 Å². The summed E-state index contributed by atoms with van der Waals surface area (Å²) in [6, 6.07) is 0. The molecule has 1 heterocycles. The third-order valence-corrected chi connectivity index (χ3v) is 2.17. The van der Waals surface area contributed by atoms with Gasteiger partial charge in [-0.05, 0) is 27.7 Å². The van der Waals surface area contributed by atoms with E-state index in [0.717, 1.165) is 13.1 Å². The second kappa shape index (κ2) is 7.42. The zero-order chi connectivity index (χ0) is 17.7. The normalized spacial score (nSPS) is 11.4. The van der Waals surface area contributed by atoms with E-state index in [-0.39, 0.29) is 11.3 Å². The number of alkyl halides is 3. The second-order valence-electron chi connectivity index (χ2n) is 5.08. The lowest BCUT2D eigenvalue weighted by atomic mass is 10.2. The van der Waals surface area contributed by atoms with Crippen molar-refractivity contribution in [2.75, 3.05) is 5.32 Å². The van der Waals surface area contributed by atoms with Crippen LogP contribution in [0.4, 0.5) is 28.0 Å². The minimum Gasteiger partial charge on any atom is -0.444 e. The first kappa shape index (κ1) is 20.1. The maximum absolute atomic E-state index is 13.6. The van der Waals surface area contributed by atoms with Gasteiger partial charge in [0, 0.05) is 5.56 Å². The van der Waals surface area contributed by atoms with Crippen LogP contribution in [0.3, 0.4) is 0 Å². The van der Waals surface area contributed by atoms with Crippen molar-refractivity contribution in [2.24, 2.45) is 0 Å². The molecule has 1 amide bonds. The Kier molecular flexibility index (Phi) is 6.79. The van der Waals surface area contributed by atoms with Crippen molar-refractivity contribution in [3.8, 4) is 0 Å². The molecule has 0 saturated carbocycles. The van der Waals surface area contributed by atoms with Gasteiger partial charge in [0.2, 0.25) is 0 Å². The molecule has 22 heavy (non-hydrogen) atoms. The van der Waals surface area contributed by atoms with E-state index in [4.69, 9.17) is 4.74 Å². The van der Waals surface area contributed by atoms with Gasteiger partial charge in [0.05, 0.1) is 11.9 Å². The van der Waals surface area contributed by atoms with Gasteiger partial charge in [-0.2, -0.15) is 13.2 Å². The van der Waals surface area contributed by atoms with Crippen LogP contribution in [0.15, 0.2) is 6.20 Å². The average Bonchev–Trinajstić information content (AvgIpc) is 2.33. The van der Waals surface area contributed by atoms with Crippen LogP contribution in [0.5, 0.6) is 0 Å². The molecule has 0 bridgehead atoms. The number of anilines is 1. The molecule has 126 valence electrons. The summed E-state index contributed by atoms with van der Waals surface area (Å²) in [5.74, 6) is -1.52. The minimum atomic E-state index is -4.89. The number of carbonyl (C=O) groups is 1. The van der Waals surface area contributed by atoms with E-state index in [0.29, 0.717) is 0 Å². The Morgan fingerprint density at radius 2 is 1.73 bits per heavy atom. The number of nitrogens with zero attached hydrogens (tertiary/aromatic N) is 1. The first-order valence-corrected chi connectivity index (χ1v) is 6.64. The van der Waals surface area contributed by atoms with Crippen molar-refractivity contribution in [3.63, 3.8) is 0 Å². The molecule has 0 atom stereocenters. The van der Waals surface area contributed by atoms with E-state index >= 15 is 0 Å². The molecule has 0 aliphatic carbocycles. The standard InChI is InChI=1S/C12H14F4N2O2.C2H6/c1-6-7(18-10(19)20-11(2,3)4)5-17-9(8(6)13)12(14,15)16;1-2/h5H,1-4H3,(H,18,19);1-2H3. The maximum Gasteiger partial charge on any atom is 0.436 e. The molecule has 4 nitrogen and oxygen atoms in total. The number of hydrogen-bond acceptors (Lipinski definition) is 3. The van der Waals surface area contributed by atoms with Gasteiger partial charge in [-0.25, -0.2) is 14.2 Å². The third-order valence-electron chi connectivity index (χ3n) is 2.17. The van der Waals surface area contributed by atoms with Crippen LogP contribution < -0.4 is 5.32 Å². The number of nitrogens with one attached hydrogen (secondary N) is 1. The van der Waals surface area contributed by atoms with Gasteiger partial charge in [0.25, 0.3) is 0 Å². The lowest BCUT2D eigenvalue weighted by Crippen LogP contribution is -2.27. The van der Waals surface area contributed by atoms with Crippen LogP contribution in [0.1, 0.15) is 45.9 Å². The smallest absolute Gasteiger partial charge is 0.436 e. The molecular weight excluding hydrogens is 304 g/mol. The molecule has 0 unspecified atom stereocenters. The third kappa shape index (κ3) is 5.87. The Balaban J connectivity index is 0.00000211. The summed E-state index contributed by atoms with van der Waals surface area (Å²) in [4.78, 5) is 14.5. The highest BCUT2D eigenvalue weighted by atomic mass is 19.4. The van der Waals surface area contributed by atoms with Crippen molar-refractivity contribution < 1.29 is 27.1 Å². The number of halogens is 4. The van der Waals surface area contributed by atoms with Gasteiger partial charge >= 0.3 is 12.3 Å². The summed E-state index contributed by atoms with van der Waals surface area (Å²) >= 11 is 0. The highest BCUT2D eigenvalue weighted by Crippen LogP contribution is 2.32. The van der Waals surface area contributed by atoms with E-state index in [1.165, 1.54) is 0 Å². The van der Waals surface area contributed by atoms with Gasteiger partial charge in [-0.1, -0.05) is 13.8 Å². The van der Waals surface area contributed by atoms with Crippen LogP contribution in [-0.4, -0.2) is 16.7 Å². The molecule has 0 aromatic carbocycles. The molecule has 0 radical (unpaired) electrons. The average molecular weight is 324 g/mol. The molecule has 0 aliphatic heterocycles. The lowest BCUT2D eigenvalue weighted by molar-refractivity contribution is -0.143. The van der Waals surface area contributed by atoms with Crippen molar-refractivity contribution in [1.82, 2.24) is 4.98 Å². The molecule has 0 fully saturated rings. The number of ether oxygens (including phenoxy) is 1. The Morgan fingerprint density at radius 1 is 1.23 bits per heavy atom. The Hall–Kier alpha value is -1.86. The monoisotopic (exact) mass is 324 g/mol. The fourth-order valence-electron chi connectivity index (χ4n) is 1.32. The summed E-state index contributed by atoms with van der Waals surface area (Å²) in [6.45, 7) is 9.96. The highest BCUT2D eigenvalue weighted by Gasteiger charge is 2.37. The maximum atomic E-state index is 13.6. The summed E-state index contributed by atoms with van der Waals surface area (Å²) in [5, 5.41) is 2.16. The molecule has 1 aromatic rings. The zero-order valence-electron chi connectivity index (χ0n) is 13.4. The fourth-order valence-corrected chi connectivity index (χ4v) is 1.32. The SMILES string of the molecule is CC.Cc1c(NC(=O)OC(C)(C)C)cnc(C(F)(F)F)c1F. The molecule has 1 aromatic heterocycles. The van der Waals surface area contributed by atoms with Gasteiger partial charge < -0.3 is 4.74 Å². The molecule has 0 saturated heterocycles. The Labute approximate surface area is 126 Å². The van der Waals surface area contributed by atoms with Crippen molar-refractivity contribution in [2.45, 2.75) is 53.3 Å². The number of aromatic nitrogens is 1. The van der Waals surface area contributed by atoms with Crippen LogP contribution in [0.2, 0.25) is 0 Å². The number of hydrogen-bond donors (Lipinski definition) is 1. The molecule has 0 spiro atoms. The van der Waals surface area contributed by atoms with Crippen molar-refractivity contribution in [3.05, 3.63) is 23.3 Å². The zero-order valence-corrected chi connectivity index (χ0v) is 13.4. The lowest BCUT2D eigenvalue weighted by Gasteiger charge is -2.20.